The minimum absolute atomic E-state index is 0.234. The van der Waals surface area contributed by atoms with Crippen LogP contribution in [-0.4, -0.2) is 12.4 Å². The molecule has 0 aliphatic rings. The van der Waals surface area contributed by atoms with Gasteiger partial charge in [-0.1, -0.05) is 126 Å². The Morgan fingerprint density at radius 1 is 0.690 bits per heavy atom. The molecule has 6 rings (SSSR count). The summed E-state index contributed by atoms with van der Waals surface area (Å²) in [5.41, 5.74) is 5.89. The molecule has 0 saturated heterocycles. The summed E-state index contributed by atoms with van der Waals surface area (Å²) in [5, 5.41) is 2.15. The Balaban J connectivity index is 1.69. The summed E-state index contributed by atoms with van der Waals surface area (Å²) in [6, 6.07) is 39.8. The minimum atomic E-state index is -3.98. The van der Waals surface area contributed by atoms with Crippen LogP contribution in [0.25, 0.3) is 28.2 Å². The van der Waals surface area contributed by atoms with Crippen molar-refractivity contribution >= 4 is 50.2 Å². The Hall–Kier alpha value is -4.09. The second-order valence-electron chi connectivity index (χ2n) is 10.2. The molecular weight excluding hydrogens is 581 g/mol. The number of aromatic nitrogens is 1. The molecule has 6 aromatic rings. The highest BCUT2D eigenvalue weighted by Crippen LogP contribution is 2.44. The highest BCUT2D eigenvalue weighted by molar-refractivity contribution is 7.90. The lowest BCUT2D eigenvalue weighted by Gasteiger charge is -2.19. The molecule has 0 radical (unpaired) electrons. The van der Waals surface area contributed by atoms with Crippen molar-refractivity contribution in [2.24, 2.45) is 0 Å². The molecule has 0 aliphatic carbocycles. The molecule has 5 aromatic carbocycles. The van der Waals surface area contributed by atoms with Gasteiger partial charge in [0.2, 0.25) is 0 Å². The number of allylic oxidation sites excluding steroid dienone is 1. The number of benzene rings is 5. The molecule has 0 spiro atoms. The van der Waals surface area contributed by atoms with Gasteiger partial charge in [-0.25, -0.2) is 12.4 Å². The van der Waals surface area contributed by atoms with Gasteiger partial charge in [0, 0.05) is 21.3 Å². The molecule has 1 atom stereocenters. The quantitative estimate of drug-likeness (QED) is 0.181. The summed E-state index contributed by atoms with van der Waals surface area (Å²) < 4.78 is 30.5. The van der Waals surface area contributed by atoms with Crippen LogP contribution in [0.15, 0.2) is 138 Å². The third-order valence-electron chi connectivity index (χ3n) is 7.37. The van der Waals surface area contributed by atoms with Gasteiger partial charge in [0.1, 0.15) is 0 Å². The molecule has 0 amide bonds. The van der Waals surface area contributed by atoms with Gasteiger partial charge in [-0.05, 0) is 71.6 Å². The number of aryl methyl sites for hydroxylation is 1. The van der Waals surface area contributed by atoms with Gasteiger partial charge in [-0.3, -0.25) is 0 Å². The Kier molecular flexibility index (Phi) is 7.78. The van der Waals surface area contributed by atoms with Gasteiger partial charge in [0.05, 0.1) is 16.1 Å². The maximum absolute atomic E-state index is 14.5. The fraction of sp³-hybridized carbons (Fsp3) is 0.0556. The van der Waals surface area contributed by atoms with Crippen LogP contribution in [0.3, 0.4) is 0 Å². The van der Waals surface area contributed by atoms with Crippen LogP contribution in [0.4, 0.5) is 0 Å². The molecule has 1 heterocycles. The van der Waals surface area contributed by atoms with E-state index in [2.05, 4.69) is 6.08 Å². The van der Waals surface area contributed by atoms with Crippen LogP contribution in [0.2, 0.25) is 10.0 Å². The average molecular weight is 609 g/mol. The predicted molar refractivity (Wildman–Crippen MR) is 175 cm³/mol. The summed E-state index contributed by atoms with van der Waals surface area (Å²) in [6.07, 6.45) is 4.16. The second-order valence-corrected chi connectivity index (χ2v) is 12.8. The predicted octanol–water partition coefficient (Wildman–Crippen LogP) is 10.0. The number of halogens is 2. The minimum Gasteiger partial charge on any atom is -0.233 e. The van der Waals surface area contributed by atoms with Crippen LogP contribution < -0.4 is 0 Å². The molecule has 6 heteroatoms. The molecule has 0 bridgehead atoms. The number of hydrogen-bond donors (Lipinski definition) is 0. The van der Waals surface area contributed by atoms with Gasteiger partial charge in [0.15, 0.2) is 0 Å². The zero-order chi connectivity index (χ0) is 29.3. The van der Waals surface area contributed by atoms with Gasteiger partial charge in [-0.2, -0.15) is 0 Å². The van der Waals surface area contributed by atoms with E-state index in [1.807, 2.05) is 128 Å². The van der Waals surface area contributed by atoms with Crippen molar-refractivity contribution in [2.45, 2.75) is 17.7 Å². The number of rotatable bonds is 7. The third-order valence-corrected chi connectivity index (χ3v) is 9.60. The standard InChI is InChI=1S/C36H27Cl2NO2S/c1-25-11-22-31(23-12-25)42(40,41)39-34-10-6-5-9-33(34)35(36(39)28-7-3-2-4-8-28)32(27-16-20-30(38)21-17-27)24-15-26-13-18-29(37)19-14-26/h2-24,32H,1H3/b24-15+. The summed E-state index contributed by atoms with van der Waals surface area (Å²) >= 11 is 12.4. The van der Waals surface area contributed by atoms with Crippen molar-refractivity contribution in [1.29, 1.82) is 0 Å². The van der Waals surface area contributed by atoms with E-state index in [0.717, 1.165) is 33.2 Å². The number of fused-ring (bicyclic) bond motifs is 1. The lowest BCUT2D eigenvalue weighted by molar-refractivity contribution is 0.589. The molecule has 0 saturated carbocycles. The molecule has 1 aromatic heterocycles. The van der Waals surface area contributed by atoms with Crippen molar-refractivity contribution in [3.63, 3.8) is 0 Å². The average Bonchev–Trinajstić information content (AvgIpc) is 3.36. The summed E-state index contributed by atoms with van der Waals surface area (Å²) in [5.74, 6) is -0.299. The van der Waals surface area contributed by atoms with Crippen molar-refractivity contribution in [1.82, 2.24) is 3.97 Å². The highest BCUT2D eigenvalue weighted by Gasteiger charge is 2.31. The van der Waals surface area contributed by atoms with Crippen LogP contribution >= 0.6 is 23.2 Å². The number of hydrogen-bond acceptors (Lipinski definition) is 2. The molecule has 0 aliphatic heterocycles. The largest absolute Gasteiger partial charge is 0.268 e. The van der Waals surface area contributed by atoms with Gasteiger partial charge < -0.3 is 0 Å². The maximum Gasteiger partial charge on any atom is 0.268 e. The van der Waals surface area contributed by atoms with Crippen LogP contribution in [-0.2, 0) is 10.0 Å². The highest BCUT2D eigenvalue weighted by atomic mass is 35.5. The monoisotopic (exact) mass is 607 g/mol. The Bertz CT molecular complexity index is 1990. The van der Waals surface area contributed by atoms with Gasteiger partial charge >= 0.3 is 0 Å². The van der Waals surface area contributed by atoms with Crippen molar-refractivity contribution in [2.75, 3.05) is 0 Å². The van der Waals surface area contributed by atoms with Crippen LogP contribution in [0.1, 0.15) is 28.2 Å². The second kappa shape index (κ2) is 11.7. The zero-order valence-corrected chi connectivity index (χ0v) is 25.1. The van der Waals surface area contributed by atoms with E-state index in [-0.39, 0.29) is 10.8 Å². The molecule has 3 nitrogen and oxygen atoms in total. The third kappa shape index (κ3) is 5.41. The first kappa shape index (κ1) is 28.0. The summed E-state index contributed by atoms with van der Waals surface area (Å²) in [6.45, 7) is 1.94. The number of nitrogens with zero attached hydrogens (tertiary/aromatic N) is 1. The van der Waals surface area contributed by atoms with Gasteiger partial charge in [-0.15, -0.1) is 0 Å². The van der Waals surface area contributed by atoms with Crippen molar-refractivity contribution in [3.8, 4) is 11.3 Å². The SMILES string of the molecule is Cc1ccc(S(=O)(=O)n2c(-c3ccccc3)c(C(/C=C/c3ccc(Cl)cc3)c3ccc(Cl)cc3)c3ccccc32)cc1. The molecule has 1 unspecified atom stereocenters. The van der Waals surface area contributed by atoms with Crippen molar-refractivity contribution in [3.05, 3.63) is 166 Å². The van der Waals surface area contributed by atoms with Crippen molar-refractivity contribution < 1.29 is 8.42 Å². The molecule has 208 valence electrons. The van der Waals surface area contributed by atoms with E-state index in [9.17, 15) is 8.42 Å². The molecule has 42 heavy (non-hydrogen) atoms. The zero-order valence-electron chi connectivity index (χ0n) is 22.8. The Labute approximate surface area is 256 Å². The van der Waals surface area contributed by atoms with Crippen LogP contribution in [0, 0.1) is 6.92 Å². The summed E-state index contributed by atoms with van der Waals surface area (Å²) in [7, 11) is -3.98. The van der Waals surface area contributed by atoms with E-state index in [4.69, 9.17) is 23.2 Å². The fourth-order valence-corrected chi connectivity index (χ4v) is 7.12. The van der Waals surface area contributed by atoms with Gasteiger partial charge in [0.25, 0.3) is 10.0 Å². The molecular formula is C36H27Cl2NO2S. The summed E-state index contributed by atoms with van der Waals surface area (Å²) in [4.78, 5) is 0.234. The fourth-order valence-electron chi connectivity index (χ4n) is 5.31. The van der Waals surface area contributed by atoms with E-state index in [1.165, 1.54) is 3.97 Å². The van der Waals surface area contributed by atoms with E-state index < -0.39 is 10.0 Å². The first-order chi connectivity index (χ1) is 20.3. The lowest BCUT2D eigenvalue weighted by Crippen LogP contribution is -2.15. The first-order valence-electron chi connectivity index (χ1n) is 13.5. The molecule has 0 N–H and O–H groups in total. The number of para-hydroxylation sites is 1. The van der Waals surface area contributed by atoms with E-state index in [1.54, 1.807) is 12.1 Å². The smallest absolute Gasteiger partial charge is 0.233 e. The Morgan fingerprint density at radius 2 is 1.29 bits per heavy atom. The molecule has 0 fully saturated rings. The normalized spacial score (nSPS) is 12.6. The van der Waals surface area contributed by atoms with E-state index in [0.29, 0.717) is 21.3 Å². The van der Waals surface area contributed by atoms with Crippen LogP contribution in [0.5, 0.6) is 0 Å². The maximum atomic E-state index is 14.5. The first-order valence-corrected chi connectivity index (χ1v) is 15.7. The topological polar surface area (TPSA) is 39.1 Å². The lowest BCUT2D eigenvalue weighted by atomic mass is 9.87. The Morgan fingerprint density at radius 3 is 1.95 bits per heavy atom. The van der Waals surface area contributed by atoms with E-state index >= 15 is 0 Å².